The van der Waals surface area contributed by atoms with Crippen LogP contribution < -0.4 is 14.8 Å². The third-order valence-corrected chi connectivity index (χ3v) is 7.99. The first-order valence-corrected chi connectivity index (χ1v) is 13.6. The number of aromatic nitrogens is 3. The van der Waals surface area contributed by atoms with Crippen LogP contribution in [-0.2, 0) is 22.9 Å². The zero-order valence-corrected chi connectivity index (χ0v) is 21.7. The summed E-state index contributed by atoms with van der Waals surface area (Å²) in [5.41, 5.74) is 3.21. The number of nitrogens with one attached hydrogen (secondary N) is 2. The molecule has 0 aliphatic heterocycles. The number of fused-ring (bicyclic) bond motifs is 1. The fourth-order valence-corrected chi connectivity index (χ4v) is 5.82. The van der Waals surface area contributed by atoms with E-state index in [4.69, 9.17) is 0 Å². The monoisotopic (exact) mass is 583 g/mol. The van der Waals surface area contributed by atoms with E-state index in [1.807, 2.05) is 10.8 Å². The summed E-state index contributed by atoms with van der Waals surface area (Å²) in [6, 6.07) is 4.04. The molecule has 0 radical (unpaired) electrons. The summed E-state index contributed by atoms with van der Waals surface area (Å²) in [5.74, 6) is -0.693. The van der Waals surface area contributed by atoms with Crippen LogP contribution in [0.15, 0.2) is 53.3 Å². The number of hydrogen-bond acceptors (Lipinski definition) is 6. The normalized spacial score (nSPS) is 16.8. The van der Waals surface area contributed by atoms with Gasteiger partial charge in [-0.25, -0.2) is 14.5 Å². The van der Waals surface area contributed by atoms with Crippen molar-refractivity contribution in [2.24, 2.45) is 0 Å². The maximum Gasteiger partial charge on any atom is 0.574 e. The Labute approximate surface area is 225 Å². The lowest BCUT2D eigenvalue weighted by atomic mass is 9.87. The van der Waals surface area contributed by atoms with E-state index < -0.39 is 45.4 Å². The molecule has 40 heavy (non-hydrogen) atoms. The van der Waals surface area contributed by atoms with Crippen molar-refractivity contribution < 1.29 is 39.9 Å². The molecule has 212 valence electrons. The number of pyridine rings is 1. The first-order chi connectivity index (χ1) is 18.8. The van der Waals surface area contributed by atoms with E-state index in [0.29, 0.717) is 24.0 Å². The lowest BCUT2D eigenvalue weighted by Crippen LogP contribution is -2.35. The molecule has 0 atom stereocenters. The van der Waals surface area contributed by atoms with Crippen LogP contribution in [0, 0.1) is 6.92 Å². The summed E-state index contributed by atoms with van der Waals surface area (Å²) in [7, 11) is -4.44. The Hall–Kier alpha value is -4.01. The third-order valence-electron chi connectivity index (χ3n) is 6.77. The van der Waals surface area contributed by atoms with Gasteiger partial charge in [-0.3, -0.25) is 4.68 Å². The summed E-state index contributed by atoms with van der Waals surface area (Å²) < 4.78 is 96.5. The highest BCUT2D eigenvalue weighted by Crippen LogP contribution is 2.41. The van der Waals surface area contributed by atoms with Crippen molar-refractivity contribution in [1.29, 1.82) is 0 Å². The number of halogens is 5. The summed E-state index contributed by atoms with van der Waals surface area (Å²) in [4.78, 5) is 16.6. The molecule has 5 rings (SSSR count). The van der Waals surface area contributed by atoms with Crippen molar-refractivity contribution in [3.63, 3.8) is 0 Å². The molecule has 2 aromatic heterocycles. The van der Waals surface area contributed by atoms with Gasteiger partial charge in [-0.2, -0.15) is 22.3 Å². The minimum absolute atomic E-state index is 0.0183. The van der Waals surface area contributed by atoms with Crippen molar-refractivity contribution in [3.8, 4) is 17.0 Å². The zero-order chi connectivity index (χ0) is 28.8. The summed E-state index contributed by atoms with van der Waals surface area (Å²) in [6.07, 6.45) is -2.11. The first-order valence-electron chi connectivity index (χ1n) is 12.1. The van der Waals surface area contributed by atoms with Gasteiger partial charge in [0.1, 0.15) is 0 Å². The minimum atomic E-state index is -4.96. The SMILES string of the molecule is Cc1cc2c(c(NC(=O)NS(=O)(=O)c3ccn(C4CC(=C(F)F)C4)n3)c1-c1ccnc(OC(F)(F)F)c1)CCC2. The van der Waals surface area contributed by atoms with Crippen LogP contribution in [0.3, 0.4) is 0 Å². The average Bonchev–Trinajstić information content (AvgIpc) is 3.47. The highest BCUT2D eigenvalue weighted by molar-refractivity contribution is 7.90. The van der Waals surface area contributed by atoms with Gasteiger partial charge in [0.15, 0.2) is 5.03 Å². The number of allylic oxidation sites excluding steroid dienone is 1. The zero-order valence-electron chi connectivity index (χ0n) is 20.8. The number of sulfonamides is 1. The Bertz CT molecular complexity index is 1620. The topological polar surface area (TPSA) is 115 Å². The number of alkyl halides is 3. The van der Waals surface area contributed by atoms with E-state index in [1.165, 1.54) is 16.9 Å². The quantitative estimate of drug-likeness (QED) is 0.363. The molecule has 0 spiro atoms. The highest BCUT2D eigenvalue weighted by atomic mass is 32.2. The predicted octanol–water partition coefficient (Wildman–Crippen LogP) is 5.64. The van der Waals surface area contributed by atoms with Crippen molar-refractivity contribution >= 4 is 21.7 Å². The van der Waals surface area contributed by atoms with E-state index in [1.54, 1.807) is 6.92 Å². The molecular weight excluding hydrogens is 561 g/mol. The Morgan fingerprint density at radius 2 is 1.90 bits per heavy atom. The number of aryl methyl sites for hydroxylation is 2. The van der Waals surface area contributed by atoms with Gasteiger partial charge >= 0.3 is 12.4 Å². The van der Waals surface area contributed by atoms with E-state index in [2.05, 4.69) is 20.1 Å². The number of nitrogens with zero attached hydrogens (tertiary/aromatic N) is 3. The van der Waals surface area contributed by atoms with Crippen molar-refractivity contribution in [2.45, 2.75) is 56.5 Å². The molecule has 3 aromatic rings. The van der Waals surface area contributed by atoms with Gasteiger partial charge in [-0.05, 0) is 79.0 Å². The van der Waals surface area contributed by atoms with Gasteiger partial charge in [0, 0.05) is 24.0 Å². The van der Waals surface area contributed by atoms with Crippen LogP contribution in [0.1, 0.15) is 42.0 Å². The number of benzene rings is 1. The number of carbonyl (C=O) groups is 1. The lowest BCUT2D eigenvalue weighted by Gasteiger charge is -2.28. The van der Waals surface area contributed by atoms with Crippen LogP contribution in [-0.4, -0.2) is 35.6 Å². The van der Waals surface area contributed by atoms with Gasteiger partial charge < -0.3 is 10.1 Å². The maximum atomic E-state index is 13.0. The van der Waals surface area contributed by atoms with Gasteiger partial charge in [-0.1, -0.05) is 6.07 Å². The average molecular weight is 584 g/mol. The lowest BCUT2D eigenvalue weighted by molar-refractivity contribution is -0.276. The van der Waals surface area contributed by atoms with Crippen LogP contribution >= 0.6 is 0 Å². The Kier molecular flexibility index (Phi) is 7.02. The molecular formula is C25H22F5N5O4S. The second-order valence-corrected chi connectivity index (χ2v) is 11.1. The van der Waals surface area contributed by atoms with Crippen LogP contribution in [0.5, 0.6) is 5.88 Å². The van der Waals surface area contributed by atoms with E-state index in [0.717, 1.165) is 35.9 Å². The number of rotatable bonds is 6. The minimum Gasteiger partial charge on any atom is -0.388 e. The van der Waals surface area contributed by atoms with E-state index in [-0.39, 0.29) is 29.7 Å². The fourth-order valence-electron chi connectivity index (χ4n) is 4.97. The van der Waals surface area contributed by atoms with Crippen molar-refractivity contribution in [1.82, 2.24) is 19.5 Å². The van der Waals surface area contributed by atoms with Crippen LogP contribution in [0.2, 0.25) is 0 Å². The van der Waals surface area contributed by atoms with Crippen molar-refractivity contribution in [2.75, 3.05) is 5.32 Å². The van der Waals surface area contributed by atoms with E-state index >= 15 is 0 Å². The predicted molar refractivity (Wildman–Crippen MR) is 132 cm³/mol. The van der Waals surface area contributed by atoms with Gasteiger partial charge in [0.25, 0.3) is 16.1 Å². The van der Waals surface area contributed by atoms with Gasteiger partial charge in [0.2, 0.25) is 5.88 Å². The van der Waals surface area contributed by atoms with Crippen LogP contribution in [0.4, 0.5) is 32.4 Å². The van der Waals surface area contributed by atoms with E-state index in [9.17, 15) is 35.2 Å². The number of amides is 2. The molecule has 0 saturated heterocycles. The maximum absolute atomic E-state index is 13.0. The van der Waals surface area contributed by atoms with Crippen molar-refractivity contribution in [3.05, 3.63) is 65.0 Å². The second-order valence-electron chi connectivity index (χ2n) is 9.48. The molecule has 1 aromatic carbocycles. The molecule has 0 unspecified atom stereocenters. The molecule has 0 bridgehead atoms. The summed E-state index contributed by atoms with van der Waals surface area (Å²) >= 11 is 0. The number of urea groups is 1. The Balaban J connectivity index is 1.40. The van der Waals surface area contributed by atoms with Crippen LogP contribution in [0.25, 0.3) is 11.1 Å². The molecule has 1 saturated carbocycles. The number of hydrogen-bond donors (Lipinski definition) is 2. The molecule has 2 aliphatic rings. The second kappa shape index (κ2) is 10.2. The number of ether oxygens (including phenoxy) is 1. The largest absolute Gasteiger partial charge is 0.574 e. The summed E-state index contributed by atoms with van der Waals surface area (Å²) in [5, 5.41) is 6.04. The molecule has 9 nitrogen and oxygen atoms in total. The third kappa shape index (κ3) is 5.64. The summed E-state index contributed by atoms with van der Waals surface area (Å²) in [6.45, 7) is 1.72. The molecule has 2 N–H and O–H groups in total. The smallest absolute Gasteiger partial charge is 0.388 e. The first kappa shape index (κ1) is 27.6. The Morgan fingerprint density at radius 1 is 1.15 bits per heavy atom. The molecule has 2 amide bonds. The van der Waals surface area contributed by atoms with Gasteiger partial charge in [-0.15, -0.1) is 13.2 Å². The standard InChI is InChI=1S/C25H22F5N5O4S/c1-13-9-14-3-2-4-18(14)22(21(13)15-5-7-31-19(12-15)39-25(28,29)30)32-24(36)34-40(37,38)20-6-8-35(33-20)17-10-16(11-17)23(26)27/h5-9,12,17H,2-4,10-11H2,1H3,(H2,32,34,36). The fraction of sp³-hybridized carbons (Fsp3) is 0.320. The molecule has 1 fully saturated rings. The molecule has 15 heteroatoms. The number of carbonyl (C=O) groups excluding carboxylic acids is 1. The van der Waals surface area contributed by atoms with Gasteiger partial charge in [0.05, 0.1) is 11.7 Å². The molecule has 2 heterocycles. The Morgan fingerprint density at radius 3 is 2.60 bits per heavy atom. The molecule has 2 aliphatic carbocycles. The highest BCUT2D eigenvalue weighted by Gasteiger charge is 2.33. The number of anilines is 1.